The molecule has 1 rings (SSSR count). The molecule has 1 N–H and O–H groups in total. The molecule has 4 heteroatoms. The van der Waals surface area contributed by atoms with E-state index in [1.54, 1.807) is 24.3 Å². The lowest BCUT2D eigenvalue weighted by molar-refractivity contribution is 0.0600. The van der Waals surface area contributed by atoms with Crippen molar-refractivity contribution in [3.8, 4) is 5.75 Å². The molecule has 0 fully saturated rings. The zero-order chi connectivity index (χ0) is 12.0. The number of hydrogen-bond acceptors (Lipinski definition) is 4. The Morgan fingerprint density at radius 1 is 1.38 bits per heavy atom. The van der Waals surface area contributed by atoms with Gasteiger partial charge in [-0.05, 0) is 37.7 Å². The summed E-state index contributed by atoms with van der Waals surface area (Å²) in [6, 6.07) is 6.88. The second-order valence-electron chi connectivity index (χ2n) is 3.32. The number of rotatable bonds is 5. The summed E-state index contributed by atoms with van der Waals surface area (Å²) >= 11 is 0. The maximum atomic E-state index is 11.2. The number of esters is 1. The highest BCUT2D eigenvalue weighted by Crippen LogP contribution is 2.14. The largest absolute Gasteiger partial charge is 0.475 e. The van der Waals surface area contributed by atoms with Gasteiger partial charge in [-0.15, -0.1) is 0 Å². The third-order valence-electron chi connectivity index (χ3n) is 2.25. The van der Waals surface area contributed by atoms with Crippen LogP contribution in [0, 0.1) is 0 Å². The molecule has 4 nitrogen and oxygen atoms in total. The highest BCUT2D eigenvalue weighted by Gasteiger charge is 2.07. The third-order valence-corrected chi connectivity index (χ3v) is 2.25. The molecule has 88 valence electrons. The first-order chi connectivity index (χ1) is 7.71. The Morgan fingerprint density at radius 3 is 2.44 bits per heavy atom. The van der Waals surface area contributed by atoms with Crippen LogP contribution in [-0.4, -0.2) is 26.4 Å². The molecule has 0 unspecified atom stereocenters. The molecule has 0 aromatic heterocycles. The predicted molar refractivity (Wildman–Crippen MR) is 61.5 cm³/mol. The normalized spacial score (nSPS) is 11.9. The highest BCUT2D eigenvalue weighted by atomic mass is 16.5. The molecular formula is C12H17NO3. The molecule has 1 aromatic carbocycles. The second kappa shape index (κ2) is 6.12. The minimum Gasteiger partial charge on any atom is -0.475 e. The molecule has 1 atom stereocenters. The van der Waals surface area contributed by atoms with Gasteiger partial charge in [0.15, 0.2) is 0 Å². The first-order valence-electron chi connectivity index (χ1n) is 5.23. The minimum absolute atomic E-state index is 0.0102. The van der Waals surface area contributed by atoms with Gasteiger partial charge >= 0.3 is 5.97 Å². The van der Waals surface area contributed by atoms with Crippen molar-refractivity contribution >= 4 is 5.97 Å². The summed E-state index contributed by atoms with van der Waals surface area (Å²) in [5.74, 6) is 0.390. The monoisotopic (exact) mass is 223 g/mol. The van der Waals surface area contributed by atoms with Crippen LogP contribution in [0.15, 0.2) is 24.3 Å². The van der Waals surface area contributed by atoms with E-state index < -0.39 is 0 Å². The Hall–Kier alpha value is -1.55. The lowest BCUT2D eigenvalue weighted by Gasteiger charge is -2.16. The smallest absolute Gasteiger partial charge is 0.337 e. The van der Waals surface area contributed by atoms with Gasteiger partial charge in [-0.25, -0.2) is 4.79 Å². The number of ether oxygens (including phenoxy) is 2. The average Bonchev–Trinajstić information content (AvgIpc) is 2.35. The van der Waals surface area contributed by atoms with Crippen molar-refractivity contribution in [2.75, 3.05) is 14.2 Å². The molecule has 16 heavy (non-hydrogen) atoms. The Labute approximate surface area is 95.6 Å². The van der Waals surface area contributed by atoms with Gasteiger partial charge in [-0.1, -0.05) is 6.92 Å². The molecule has 0 bridgehead atoms. The van der Waals surface area contributed by atoms with Crippen LogP contribution in [0.25, 0.3) is 0 Å². The quantitative estimate of drug-likeness (QED) is 0.611. The first-order valence-corrected chi connectivity index (χ1v) is 5.23. The summed E-state index contributed by atoms with van der Waals surface area (Å²) in [7, 11) is 3.21. The predicted octanol–water partition coefficient (Wildman–Crippen LogP) is 1.81. The van der Waals surface area contributed by atoms with Crippen LogP contribution in [0.4, 0.5) is 0 Å². The van der Waals surface area contributed by atoms with E-state index in [1.165, 1.54) is 7.11 Å². The van der Waals surface area contributed by atoms with Crippen LogP contribution in [0.3, 0.4) is 0 Å². The van der Waals surface area contributed by atoms with Crippen molar-refractivity contribution in [2.24, 2.45) is 0 Å². The van der Waals surface area contributed by atoms with Crippen molar-refractivity contribution in [2.45, 2.75) is 19.6 Å². The summed E-state index contributed by atoms with van der Waals surface area (Å²) in [6.45, 7) is 2.03. The van der Waals surface area contributed by atoms with Gasteiger partial charge in [-0.3, -0.25) is 5.32 Å². The maximum Gasteiger partial charge on any atom is 0.337 e. The zero-order valence-electron chi connectivity index (χ0n) is 9.82. The molecule has 0 heterocycles. The third kappa shape index (κ3) is 3.24. The van der Waals surface area contributed by atoms with Gasteiger partial charge in [0.25, 0.3) is 0 Å². The minimum atomic E-state index is -0.341. The Kier molecular flexibility index (Phi) is 4.79. The first kappa shape index (κ1) is 12.5. The van der Waals surface area contributed by atoms with Gasteiger partial charge in [-0.2, -0.15) is 0 Å². The number of hydrogen-bond donors (Lipinski definition) is 1. The zero-order valence-corrected chi connectivity index (χ0v) is 9.82. The van der Waals surface area contributed by atoms with Crippen LogP contribution in [-0.2, 0) is 4.74 Å². The molecule has 0 amide bonds. The molecule has 0 aliphatic carbocycles. The van der Waals surface area contributed by atoms with E-state index in [1.807, 2.05) is 14.0 Å². The SMILES string of the molecule is CC[C@@H](NC)Oc1ccc(C(=O)OC)cc1. The van der Waals surface area contributed by atoms with E-state index in [-0.39, 0.29) is 12.2 Å². The number of benzene rings is 1. The van der Waals surface area contributed by atoms with Gasteiger partial charge in [0.2, 0.25) is 0 Å². The van der Waals surface area contributed by atoms with Crippen molar-refractivity contribution < 1.29 is 14.3 Å². The summed E-state index contributed by atoms with van der Waals surface area (Å²) in [4.78, 5) is 11.2. The summed E-state index contributed by atoms with van der Waals surface area (Å²) in [6.07, 6.45) is 0.860. The van der Waals surface area contributed by atoms with Gasteiger partial charge in [0.1, 0.15) is 12.0 Å². The molecule has 0 radical (unpaired) electrons. The van der Waals surface area contributed by atoms with Crippen molar-refractivity contribution in [3.63, 3.8) is 0 Å². The van der Waals surface area contributed by atoms with Crippen LogP contribution < -0.4 is 10.1 Å². The summed E-state index contributed by atoms with van der Waals surface area (Å²) in [5.41, 5.74) is 0.521. The van der Waals surface area contributed by atoms with Gasteiger partial charge < -0.3 is 9.47 Å². The lowest BCUT2D eigenvalue weighted by atomic mass is 10.2. The van der Waals surface area contributed by atoms with Crippen LogP contribution in [0.5, 0.6) is 5.75 Å². The summed E-state index contributed by atoms with van der Waals surface area (Å²) < 4.78 is 10.2. The van der Waals surface area contributed by atoms with Crippen molar-refractivity contribution in [3.05, 3.63) is 29.8 Å². The van der Waals surface area contributed by atoms with Gasteiger partial charge in [0.05, 0.1) is 12.7 Å². The maximum absolute atomic E-state index is 11.2. The van der Waals surface area contributed by atoms with E-state index in [0.717, 1.165) is 12.2 Å². The van der Waals surface area contributed by atoms with Crippen LogP contribution in [0.2, 0.25) is 0 Å². The second-order valence-corrected chi connectivity index (χ2v) is 3.32. The number of carbonyl (C=O) groups excluding carboxylic acids is 1. The molecule has 1 aromatic rings. The van der Waals surface area contributed by atoms with Crippen LogP contribution in [0.1, 0.15) is 23.7 Å². The fourth-order valence-corrected chi connectivity index (χ4v) is 1.30. The lowest BCUT2D eigenvalue weighted by Crippen LogP contribution is -2.30. The molecule has 0 aliphatic heterocycles. The Morgan fingerprint density at radius 2 is 2.00 bits per heavy atom. The van der Waals surface area contributed by atoms with Crippen molar-refractivity contribution in [1.29, 1.82) is 0 Å². The van der Waals surface area contributed by atoms with Crippen LogP contribution >= 0.6 is 0 Å². The van der Waals surface area contributed by atoms with E-state index >= 15 is 0 Å². The topological polar surface area (TPSA) is 47.6 Å². The van der Waals surface area contributed by atoms with E-state index in [0.29, 0.717) is 5.56 Å². The number of methoxy groups -OCH3 is 1. The molecular weight excluding hydrogens is 206 g/mol. The van der Waals surface area contributed by atoms with E-state index in [9.17, 15) is 4.79 Å². The summed E-state index contributed by atoms with van der Waals surface area (Å²) in [5, 5.41) is 3.03. The number of carbonyl (C=O) groups is 1. The van der Waals surface area contributed by atoms with Crippen molar-refractivity contribution in [1.82, 2.24) is 5.32 Å². The van der Waals surface area contributed by atoms with E-state index in [4.69, 9.17) is 4.74 Å². The fourth-order valence-electron chi connectivity index (χ4n) is 1.30. The average molecular weight is 223 g/mol. The molecule has 0 aliphatic rings. The number of nitrogens with one attached hydrogen (secondary N) is 1. The Bertz CT molecular complexity index is 331. The fraction of sp³-hybridized carbons (Fsp3) is 0.417. The van der Waals surface area contributed by atoms with Gasteiger partial charge in [0, 0.05) is 0 Å². The molecule has 0 saturated heterocycles. The standard InChI is InChI=1S/C12H17NO3/c1-4-11(13-2)16-10-7-5-9(6-8-10)12(14)15-3/h5-8,11,13H,4H2,1-3H3/t11-/m0/s1. The highest BCUT2D eigenvalue weighted by molar-refractivity contribution is 5.89. The molecule has 0 saturated carbocycles. The Balaban J connectivity index is 2.67. The molecule has 0 spiro atoms. The van der Waals surface area contributed by atoms with E-state index in [2.05, 4.69) is 10.1 Å².